The SMILES string of the molecule is CC.C[Si](C)(C)O. The molecule has 0 spiro atoms. The second-order valence-electron chi connectivity index (χ2n) is 2.17. The third-order valence-corrected chi connectivity index (χ3v) is 0. The predicted molar refractivity (Wildman–Crippen MR) is 36.9 cm³/mol. The summed E-state index contributed by atoms with van der Waals surface area (Å²) in [6, 6.07) is 0. The lowest BCUT2D eigenvalue weighted by Gasteiger charge is -2.00. The summed E-state index contributed by atoms with van der Waals surface area (Å²) >= 11 is 0. The van der Waals surface area contributed by atoms with Gasteiger partial charge in [-0.25, -0.2) is 0 Å². The molecule has 0 radical (unpaired) electrons. The van der Waals surface area contributed by atoms with Gasteiger partial charge in [0, 0.05) is 0 Å². The summed E-state index contributed by atoms with van der Waals surface area (Å²) < 4.78 is 0. The van der Waals surface area contributed by atoms with Crippen molar-refractivity contribution in [2.45, 2.75) is 33.5 Å². The van der Waals surface area contributed by atoms with Crippen LogP contribution in [0.3, 0.4) is 0 Å². The summed E-state index contributed by atoms with van der Waals surface area (Å²) in [5.41, 5.74) is 0. The smallest absolute Gasteiger partial charge is 0.179 e. The highest BCUT2D eigenvalue weighted by Gasteiger charge is 2.03. The first kappa shape index (κ1) is 10.2. The molecule has 0 aromatic rings. The first-order chi connectivity index (χ1) is 3.00. The van der Waals surface area contributed by atoms with Crippen LogP contribution in [0.2, 0.25) is 19.6 Å². The lowest BCUT2D eigenvalue weighted by Crippen LogP contribution is -2.17. The molecular formula is C5H16OSi. The molecule has 0 saturated carbocycles. The Labute approximate surface area is 47.5 Å². The van der Waals surface area contributed by atoms with Gasteiger partial charge in [0.2, 0.25) is 0 Å². The van der Waals surface area contributed by atoms with E-state index in [1.54, 1.807) is 0 Å². The van der Waals surface area contributed by atoms with Gasteiger partial charge in [-0.1, -0.05) is 13.8 Å². The fourth-order valence-electron chi connectivity index (χ4n) is 0. The van der Waals surface area contributed by atoms with Gasteiger partial charge in [-0.2, -0.15) is 0 Å². The van der Waals surface area contributed by atoms with Gasteiger partial charge in [-0.05, 0) is 19.6 Å². The van der Waals surface area contributed by atoms with Crippen molar-refractivity contribution in [3.63, 3.8) is 0 Å². The van der Waals surface area contributed by atoms with Crippen LogP contribution in [0.5, 0.6) is 0 Å². The van der Waals surface area contributed by atoms with E-state index in [9.17, 15) is 0 Å². The summed E-state index contributed by atoms with van der Waals surface area (Å²) in [5, 5.41) is 0. The fraction of sp³-hybridized carbons (Fsp3) is 1.00. The molecule has 7 heavy (non-hydrogen) atoms. The number of hydrogen-bond acceptors (Lipinski definition) is 1. The van der Waals surface area contributed by atoms with Crippen LogP contribution in [-0.4, -0.2) is 13.1 Å². The van der Waals surface area contributed by atoms with Crippen molar-refractivity contribution in [2.24, 2.45) is 0 Å². The number of hydrogen-bond donors (Lipinski definition) is 1. The van der Waals surface area contributed by atoms with Crippen molar-refractivity contribution in [3.8, 4) is 0 Å². The maximum atomic E-state index is 8.66. The van der Waals surface area contributed by atoms with E-state index < -0.39 is 8.32 Å². The third kappa shape index (κ3) is 3440. The Kier molecular flexibility index (Phi) is 6.33. The van der Waals surface area contributed by atoms with E-state index in [2.05, 4.69) is 0 Å². The van der Waals surface area contributed by atoms with E-state index in [0.29, 0.717) is 0 Å². The molecule has 0 unspecified atom stereocenters. The van der Waals surface area contributed by atoms with Crippen molar-refractivity contribution in [3.05, 3.63) is 0 Å². The van der Waals surface area contributed by atoms with Gasteiger partial charge in [0.25, 0.3) is 0 Å². The first-order valence-electron chi connectivity index (χ1n) is 2.72. The quantitative estimate of drug-likeness (QED) is 0.484. The van der Waals surface area contributed by atoms with Crippen LogP contribution in [-0.2, 0) is 0 Å². The van der Waals surface area contributed by atoms with E-state index in [0.717, 1.165) is 0 Å². The Morgan fingerprint density at radius 2 is 1.00 bits per heavy atom. The van der Waals surface area contributed by atoms with E-state index in [1.165, 1.54) is 0 Å². The summed E-state index contributed by atoms with van der Waals surface area (Å²) in [6.07, 6.45) is 0. The van der Waals surface area contributed by atoms with Crippen LogP contribution in [0.15, 0.2) is 0 Å². The van der Waals surface area contributed by atoms with Gasteiger partial charge in [0.1, 0.15) is 0 Å². The lowest BCUT2D eigenvalue weighted by atomic mass is 11.0. The Balaban J connectivity index is 0. The molecule has 0 aliphatic rings. The maximum Gasteiger partial charge on any atom is 0.179 e. The summed E-state index contributed by atoms with van der Waals surface area (Å²) in [6.45, 7) is 9.65. The molecule has 0 aliphatic heterocycles. The minimum Gasteiger partial charge on any atom is -0.433 e. The monoisotopic (exact) mass is 120 g/mol. The zero-order chi connectivity index (χ0) is 6.50. The maximum absolute atomic E-state index is 8.66. The van der Waals surface area contributed by atoms with Gasteiger partial charge in [0.05, 0.1) is 0 Å². The van der Waals surface area contributed by atoms with E-state index >= 15 is 0 Å². The molecule has 0 aromatic heterocycles. The second-order valence-corrected chi connectivity index (χ2v) is 6.51. The Hall–Kier alpha value is 0.177. The Bertz CT molecular complexity index is 23.6. The molecule has 0 fully saturated rings. The van der Waals surface area contributed by atoms with E-state index in [4.69, 9.17) is 4.80 Å². The Morgan fingerprint density at radius 1 is 1.00 bits per heavy atom. The molecule has 0 heterocycles. The van der Waals surface area contributed by atoms with Crippen LogP contribution in [0.4, 0.5) is 0 Å². The largest absolute Gasteiger partial charge is 0.433 e. The number of rotatable bonds is 0. The molecule has 1 nitrogen and oxygen atoms in total. The Morgan fingerprint density at radius 3 is 1.00 bits per heavy atom. The first-order valence-corrected chi connectivity index (χ1v) is 6.17. The molecule has 1 N–H and O–H groups in total. The zero-order valence-corrected chi connectivity index (χ0v) is 6.95. The molecule has 0 amide bonds. The fourth-order valence-corrected chi connectivity index (χ4v) is 0. The molecule has 0 rings (SSSR count). The minimum atomic E-state index is -1.61. The van der Waals surface area contributed by atoms with Crippen LogP contribution < -0.4 is 0 Å². The van der Waals surface area contributed by atoms with Crippen LogP contribution >= 0.6 is 0 Å². The van der Waals surface area contributed by atoms with Gasteiger partial charge in [-0.3, -0.25) is 0 Å². The summed E-state index contributed by atoms with van der Waals surface area (Å²) in [4.78, 5) is 8.66. The van der Waals surface area contributed by atoms with Crippen molar-refractivity contribution >= 4 is 8.32 Å². The minimum absolute atomic E-state index is 1.61. The highest BCUT2D eigenvalue weighted by atomic mass is 28.4. The van der Waals surface area contributed by atoms with Crippen molar-refractivity contribution < 1.29 is 4.80 Å². The average molecular weight is 120 g/mol. The second kappa shape index (κ2) is 4.34. The van der Waals surface area contributed by atoms with Gasteiger partial charge < -0.3 is 4.80 Å². The lowest BCUT2D eigenvalue weighted by molar-refractivity contribution is 0.561. The normalized spacial score (nSPS) is 9.43. The molecule has 0 bridgehead atoms. The molecule has 46 valence electrons. The molecule has 0 aliphatic carbocycles. The molecule has 0 aromatic carbocycles. The standard InChI is InChI=1S/C3H10OSi.C2H6/c1-5(2,3)4;1-2/h4H,1-3H3;1-2H3. The van der Waals surface area contributed by atoms with Crippen LogP contribution in [0, 0.1) is 0 Å². The van der Waals surface area contributed by atoms with Gasteiger partial charge in [0.15, 0.2) is 8.32 Å². The molecular weight excluding hydrogens is 104 g/mol. The van der Waals surface area contributed by atoms with Crippen LogP contribution in [0.1, 0.15) is 13.8 Å². The van der Waals surface area contributed by atoms with Crippen molar-refractivity contribution in [2.75, 3.05) is 0 Å². The van der Waals surface area contributed by atoms with Crippen molar-refractivity contribution in [1.29, 1.82) is 0 Å². The van der Waals surface area contributed by atoms with E-state index in [1.807, 2.05) is 33.5 Å². The van der Waals surface area contributed by atoms with Crippen molar-refractivity contribution in [1.82, 2.24) is 0 Å². The average Bonchev–Trinajstić information content (AvgIpc) is 1.36. The van der Waals surface area contributed by atoms with E-state index in [-0.39, 0.29) is 0 Å². The third-order valence-electron chi connectivity index (χ3n) is 0. The predicted octanol–water partition coefficient (Wildman–Crippen LogP) is 1.84. The highest BCUT2D eigenvalue weighted by Crippen LogP contribution is 1.88. The molecule has 0 saturated heterocycles. The molecule has 2 heteroatoms. The zero-order valence-electron chi connectivity index (χ0n) is 5.95. The van der Waals surface area contributed by atoms with Crippen LogP contribution in [0.25, 0.3) is 0 Å². The van der Waals surface area contributed by atoms with Gasteiger partial charge in [-0.15, -0.1) is 0 Å². The topological polar surface area (TPSA) is 20.2 Å². The van der Waals surface area contributed by atoms with Gasteiger partial charge >= 0.3 is 0 Å². The highest BCUT2D eigenvalue weighted by molar-refractivity contribution is 6.68. The summed E-state index contributed by atoms with van der Waals surface area (Å²) in [5.74, 6) is 0. The molecule has 0 atom stereocenters. The summed E-state index contributed by atoms with van der Waals surface area (Å²) in [7, 11) is -1.61.